The maximum Gasteiger partial charge on any atom is 0.306 e. The van der Waals surface area contributed by atoms with Crippen LogP contribution in [0, 0.1) is 22.7 Å². The Hall–Kier alpha value is -2.10. The van der Waals surface area contributed by atoms with Gasteiger partial charge in [-0.05, 0) is 13.3 Å². The van der Waals surface area contributed by atoms with Crippen molar-refractivity contribution in [3.63, 3.8) is 0 Å². The number of rotatable bonds is 5. The molecular formula is C14H20N2O5. The molecule has 0 saturated carbocycles. The zero-order valence-electron chi connectivity index (χ0n) is 12.7. The summed E-state index contributed by atoms with van der Waals surface area (Å²) in [4.78, 5) is 35.1. The van der Waals surface area contributed by atoms with Gasteiger partial charge in [-0.2, -0.15) is 5.26 Å². The Balaban J connectivity index is 3.07. The van der Waals surface area contributed by atoms with Crippen molar-refractivity contribution < 1.29 is 23.9 Å². The van der Waals surface area contributed by atoms with Crippen LogP contribution in [0.1, 0.15) is 33.1 Å². The van der Waals surface area contributed by atoms with E-state index in [-0.39, 0.29) is 25.2 Å². The van der Waals surface area contributed by atoms with Crippen LogP contribution in [0.5, 0.6) is 0 Å². The van der Waals surface area contributed by atoms with Gasteiger partial charge in [0.05, 0.1) is 26.7 Å². The summed E-state index contributed by atoms with van der Waals surface area (Å²) in [6, 6.07) is 2.07. The number of nitrogens with one attached hydrogen (secondary N) is 1. The van der Waals surface area contributed by atoms with Gasteiger partial charge in [-0.25, -0.2) is 0 Å². The van der Waals surface area contributed by atoms with Crippen molar-refractivity contribution in [3.8, 4) is 6.07 Å². The Labute approximate surface area is 123 Å². The van der Waals surface area contributed by atoms with Crippen LogP contribution in [0.25, 0.3) is 0 Å². The maximum atomic E-state index is 12.2. The number of hydrogen-bond acceptors (Lipinski definition) is 6. The SMILES string of the molecule is COC(=O)CCC1C(=O)NC(C)(C#N)C1(C)CC(=O)OC. The number of nitrogens with zero attached hydrogens (tertiary/aromatic N) is 1. The molecular weight excluding hydrogens is 276 g/mol. The number of ether oxygens (including phenoxy) is 2. The van der Waals surface area contributed by atoms with E-state index < -0.39 is 28.8 Å². The number of amides is 1. The molecule has 116 valence electrons. The summed E-state index contributed by atoms with van der Waals surface area (Å²) in [5.74, 6) is -1.91. The second-order valence-electron chi connectivity index (χ2n) is 5.56. The zero-order valence-corrected chi connectivity index (χ0v) is 12.7. The third kappa shape index (κ3) is 2.99. The van der Waals surface area contributed by atoms with E-state index in [9.17, 15) is 19.6 Å². The van der Waals surface area contributed by atoms with Crippen molar-refractivity contribution in [1.29, 1.82) is 5.26 Å². The van der Waals surface area contributed by atoms with Gasteiger partial charge >= 0.3 is 11.9 Å². The first kappa shape index (κ1) is 17.0. The van der Waals surface area contributed by atoms with E-state index in [1.165, 1.54) is 14.2 Å². The van der Waals surface area contributed by atoms with Crippen LogP contribution in [-0.2, 0) is 23.9 Å². The number of carbonyl (C=O) groups is 3. The van der Waals surface area contributed by atoms with Gasteiger partial charge in [-0.15, -0.1) is 0 Å². The van der Waals surface area contributed by atoms with E-state index in [0.717, 1.165) is 0 Å². The molecule has 1 rings (SSSR count). The lowest BCUT2D eigenvalue weighted by atomic mass is 9.64. The number of nitriles is 1. The molecule has 1 heterocycles. The van der Waals surface area contributed by atoms with Gasteiger partial charge in [0.2, 0.25) is 5.91 Å². The van der Waals surface area contributed by atoms with Crippen LogP contribution in [-0.4, -0.2) is 37.6 Å². The molecule has 0 spiro atoms. The first-order valence-corrected chi connectivity index (χ1v) is 6.61. The molecule has 0 aliphatic carbocycles. The van der Waals surface area contributed by atoms with Crippen LogP contribution in [0.15, 0.2) is 0 Å². The first-order valence-electron chi connectivity index (χ1n) is 6.61. The molecule has 1 aliphatic heterocycles. The van der Waals surface area contributed by atoms with Crippen molar-refractivity contribution >= 4 is 17.8 Å². The van der Waals surface area contributed by atoms with E-state index in [1.54, 1.807) is 13.8 Å². The molecule has 7 heteroatoms. The molecule has 1 N–H and O–H groups in total. The summed E-state index contributed by atoms with van der Waals surface area (Å²) in [6.45, 7) is 3.26. The molecule has 0 aromatic carbocycles. The van der Waals surface area contributed by atoms with Crippen molar-refractivity contribution in [3.05, 3.63) is 0 Å². The quantitative estimate of drug-likeness (QED) is 0.742. The zero-order chi connectivity index (χ0) is 16.3. The first-order chi connectivity index (χ1) is 9.74. The lowest BCUT2D eigenvalue weighted by Gasteiger charge is -2.37. The molecule has 3 unspecified atom stereocenters. The predicted molar refractivity (Wildman–Crippen MR) is 71.6 cm³/mol. The van der Waals surface area contributed by atoms with Gasteiger partial charge in [0.15, 0.2) is 0 Å². The molecule has 7 nitrogen and oxygen atoms in total. The van der Waals surface area contributed by atoms with Gasteiger partial charge in [-0.1, -0.05) is 6.92 Å². The summed E-state index contributed by atoms with van der Waals surface area (Å²) >= 11 is 0. The minimum atomic E-state index is -1.20. The summed E-state index contributed by atoms with van der Waals surface area (Å²) in [5, 5.41) is 12.0. The highest BCUT2D eigenvalue weighted by molar-refractivity contribution is 5.86. The van der Waals surface area contributed by atoms with Crippen molar-refractivity contribution in [2.24, 2.45) is 11.3 Å². The van der Waals surface area contributed by atoms with Crippen molar-refractivity contribution in [2.45, 2.75) is 38.6 Å². The molecule has 0 aromatic heterocycles. The second kappa shape index (κ2) is 6.12. The fourth-order valence-electron chi connectivity index (χ4n) is 2.76. The summed E-state index contributed by atoms with van der Waals surface area (Å²) in [7, 11) is 2.52. The smallest absolute Gasteiger partial charge is 0.306 e. The van der Waals surface area contributed by atoms with Crippen molar-refractivity contribution in [2.75, 3.05) is 14.2 Å². The Bertz CT molecular complexity index is 498. The van der Waals surface area contributed by atoms with E-state index in [4.69, 9.17) is 0 Å². The number of hydrogen-bond donors (Lipinski definition) is 1. The minimum Gasteiger partial charge on any atom is -0.469 e. The molecule has 0 radical (unpaired) electrons. The third-order valence-corrected chi connectivity index (χ3v) is 4.43. The Morgan fingerprint density at radius 1 is 1.29 bits per heavy atom. The highest BCUT2D eigenvalue weighted by atomic mass is 16.5. The molecule has 1 amide bonds. The second-order valence-corrected chi connectivity index (χ2v) is 5.56. The molecule has 1 aliphatic rings. The molecule has 0 aromatic rings. The van der Waals surface area contributed by atoms with Gasteiger partial charge in [0, 0.05) is 17.8 Å². The van der Waals surface area contributed by atoms with Crippen LogP contribution in [0.2, 0.25) is 0 Å². The third-order valence-electron chi connectivity index (χ3n) is 4.43. The summed E-state index contributed by atoms with van der Waals surface area (Å²) < 4.78 is 9.23. The fourth-order valence-corrected chi connectivity index (χ4v) is 2.76. The molecule has 1 fully saturated rings. The average Bonchev–Trinajstić information content (AvgIpc) is 2.63. The standard InChI is InChI=1S/C14H20N2O5/c1-13(7-11(18)21-4)9(5-6-10(17)20-3)12(19)16-14(13,2)8-15/h9H,5-7H2,1-4H3,(H,16,19). The van der Waals surface area contributed by atoms with Gasteiger partial charge < -0.3 is 14.8 Å². The van der Waals surface area contributed by atoms with Crippen LogP contribution < -0.4 is 5.32 Å². The fraction of sp³-hybridized carbons (Fsp3) is 0.714. The maximum absolute atomic E-state index is 12.2. The summed E-state index contributed by atoms with van der Waals surface area (Å²) in [5.41, 5.74) is -2.15. The van der Waals surface area contributed by atoms with Gasteiger partial charge in [0.1, 0.15) is 5.54 Å². The Morgan fingerprint density at radius 3 is 2.33 bits per heavy atom. The van der Waals surface area contributed by atoms with Crippen LogP contribution in [0.4, 0.5) is 0 Å². The Morgan fingerprint density at radius 2 is 1.86 bits per heavy atom. The highest BCUT2D eigenvalue weighted by Crippen LogP contribution is 2.48. The highest BCUT2D eigenvalue weighted by Gasteiger charge is 2.60. The Kier molecular flexibility index (Phi) is 4.94. The van der Waals surface area contributed by atoms with E-state index in [0.29, 0.717) is 0 Å². The van der Waals surface area contributed by atoms with Crippen LogP contribution in [0.3, 0.4) is 0 Å². The lowest BCUT2D eigenvalue weighted by molar-refractivity contribution is -0.144. The molecule has 1 saturated heterocycles. The number of methoxy groups -OCH3 is 2. The van der Waals surface area contributed by atoms with Gasteiger partial charge in [0.25, 0.3) is 0 Å². The number of carbonyl (C=O) groups excluding carboxylic acids is 3. The normalized spacial score (nSPS) is 31.2. The molecule has 3 atom stereocenters. The van der Waals surface area contributed by atoms with Gasteiger partial charge in [-0.3, -0.25) is 14.4 Å². The molecule has 0 bridgehead atoms. The predicted octanol–water partition coefficient (Wildman–Crippen LogP) is 0.537. The lowest BCUT2D eigenvalue weighted by Crippen LogP contribution is -2.49. The van der Waals surface area contributed by atoms with Crippen LogP contribution >= 0.6 is 0 Å². The number of esters is 2. The largest absolute Gasteiger partial charge is 0.469 e. The topological polar surface area (TPSA) is 105 Å². The summed E-state index contributed by atoms with van der Waals surface area (Å²) in [6.07, 6.45) is 0.175. The van der Waals surface area contributed by atoms with E-state index in [1.807, 2.05) is 0 Å². The average molecular weight is 296 g/mol. The molecule has 21 heavy (non-hydrogen) atoms. The van der Waals surface area contributed by atoms with E-state index in [2.05, 4.69) is 20.9 Å². The monoisotopic (exact) mass is 296 g/mol. The van der Waals surface area contributed by atoms with Crippen molar-refractivity contribution in [1.82, 2.24) is 5.32 Å². The van der Waals surface area contributed by atoms with E-state index >= 15 is 0 Å². The minimum absolute atomic E-state index is 0.0485.